The predicted molar refractivity (Wildman–Crippen MR) is 74.6 cm³/mol. The van der Waals surface area contributed by atoms with Crippen LogP contribution < -0.4 is 5.69 Å². The molecule has 1 aromatic heterocycles. The average Bonchev–Trinajstić information content (AvgIpc) is 2.82. The van der Waals surface area contributed by atoms with Gasteiger partial charge in [-0.25, -0.2) is 14.6 Å². The fourth-order valence-electron chi connectivity index (χ4n) is 1.91. The van der Waals surface area contributed by atoms with Crippen LogP contribution in [0, 0.1) is 0 Å². The molecular weight excluding hydrogens is 262 g/mol. The third kappa shape index (κ3) is 2.18. The van der Waals surface area contributed by atoms with Gasteiger partial charge in [0.05, 0.1) is 10.7 Å². The van der Waals surface area contributed by atoms with E-state index in [1.807, 2.05) is 48.5 Å². The maximum atomic E-state index is 11.5. The molecule has 0 atom stereocenters. The second-order valence-corrected chi connectivity index (χ2v) is 4.41. The van der Waals surface area contributed by atoms with Crippen molar-refractivity contribution < 1.29 is 0 Å². The lowest BCUT2D eigenvalue weighted by Crippen LogP contribution is -2.05. The summed E-state index contributed by atoms with van der Waals surface area (Å²) in [5.41, 5.74) is 1.14. The molecule has 0 aliphatic rings. The molecule has 4 nitrogen and oxygen atoms in total. The molecule has 5 heteroatoms. The lowest BCUT2D eigenvalue weighted by molar-refractivity contribution is 0.871. The molecule has 2 aromatic carbocycles. The molecule has 0 amide bonds. The highest BCUT2D eigenvalue weighted by atomic mass is 35.5. The Hall–Kier alpha value is -2.33. The number of H-pyrrole nitrogens is 1. The van der Waals surface area contributed by atoms with E-state index in [-0.39, 0.29) is 0 Å². The second kappa shape index (κ2) is 4.74. The van der Waals surface area contributed by atoms with E-state index in [1.165, 1.54) is 0 Å². The van der Waals surface area contributed by atoms with E-state index in [2.05, 4.69) is 10.1 Å². The van der Waals surface area contributed by atoms with Gasteiger partial charge in [-0.1, -0.05) is 54.1 Å². The number of para-hydroxylation sites is 1. The van der Waals surface area contributed by atoms with Crippen LogP contribution in [-0.2, 0) is 0 Å². The zero-order valence-corrected chi connectivity index (χ0v) is 10.6. The van der Waals surface area contributed by atoms with Gasteiger partial charge in [-0.15, -0.1) is 0 Å². The molecule has 0 aliphatic heterocycles. The van der Waals surface area contributed by atoms with Gasteiger partial charge in [-0.3, -0.25) is 0 Å². The highest BCUT2D eigenvalue weighted by Crippen LogP contribution is 2.23. The Bertz CT molecular complexity index is 762. The number of aromatic nitrogens is 3. The molecule has 0 radical (unpaired) electrons. The molecule has 0 saturated heterocycles. The van der Waals surface area contributed by atoms with Crippen molar-refractivity contribution in [1.29, 1.82) is 0 Å². The van der Waals surface area contributed by atoms with Crippen molar-refractivity contribution in [3.05, 3.63) is 70.1 Å². The first-order valence-electron chi connectivity index (χ1n) is 5.75. The minimum Gasteiger partial charge on any atom is -0.244 e. The third-order valence-electron chi connectivity index (χ3n) is 2.75. The Kier molecular flexibility index (Phi) is 2.93. The first kappa shape index (κ1) is 11.7. The standard InChI is InChI=1S/C14H10ClN3O/c15-11-8-4-5-9-12(11)18-13(16-14(19)17-18)10-6-2-1-3-7-10/h1-9H,(H,17,19). The van der Waals surface area contributed by atoms with Crippen LogP contribution in [-0.4, -0.2) is 14.8 Å². The second-order valence-electron chi connectivity index (χ2n) is 4.01. The zero-order valence-electron chi connectivity index (χ0n) is 9.88. The van der Waals surface area contributed by atoms with E-state index in [0.717, 1.165) is 5.56 Å². The molecular formula is C14H10ClN3O. The minimum atomic E-state index is -0.404. The highest BCUT2D eigenvalue weighted by molar-refractivity contribution is 6.32. The number of hydrogen-bond donors (Lipinski definition) is 1. The Morgan fingerprint density at radius 2 is 1.68 bits per heavy atom. The molecule has 0 bridgehead atoms. The Labute approximate surface area is 114 Å². The van der Waals surface area contributed by atoms with Gasteiger partial charge in [-0.2, -0.15) is 4.98 Å². The van der Waals surface area contributed by atoms with Crippen molar-refractivity contribution in [1.82, 2.24) is 14.8 Å². The summed E-state index contributed by atoms with van der Waals surface area (Å²) in [6, 6.07) is 16.8. The molecule has 0 spiro atoms. The fraction of sp³-hybridized carbons (Fsp3) is 0. The summed E-state index contributed by atoms with van der Waals surface area (Å²) in [7, 11) is 0. The molecule has 1 heterocycles. The van der Waals surface area contributed by atoms with Gasteiger partial charge in [0.15, 0.2) is 5.82 Å². The topological polar surface area (TPSA) is 50.7 Å². The van der Waals surface area contributed by atoms with E-state index < -0.39 is 5.69 Å². The van der Waals surface area contributed by atoms with Crippen molar-refractivity contribution in [2.45, 2.75) is 0 Å². The van der Waals surface area contributed by atoms with Crippen molar-refractivity contribution in [2.24, 2.45) is 0 Å². The van der Waals surface area contributed by atoms with Crippen LogP contribution in [0.2, 0.25) is 5.02 Å². The summed E-state index contributed by atoms with van der Waals surface area (Å²) in [6.07, 6.45) is 0. The Balaban J connectivity index is 2.24. The first-order chi connectivity index (χ1) is 9.25. The van der Waals surface area contributed by atoms with Crippen LogP contribution >= 0.6 is 11.6 Å². The van der Waals surface area contributed by atoms with Gasteiger partial charge in [0.1, 0.15) is 0 Å². The molecule has 0 unspecified atom stereocenters. The largest absolute Gasteiger partial charge is 0.362 e. The van der Waals surface area contributed by atoms with Crippen LogP contribution in [0.5, 0.6) is 0 Å². The molecule has 1 N–H and O–H groups in total. The van der Waals surface area contributed by atoms with Crippen molar-refractivity contribution >= 4 is 11.6 Å². The maximum absolute atomic E-state index is 11.5. The summed E-state index contributed by atoms with van der Waals surface area (Å²) in [4.78, 5) is 15.5. The third-order valence-corrected chi connectivity index (χ3v) is 3.07. The molecule has 3 aromatic rings. The van der Waals surface area contributed by atoms with Gasteiger partial charge in [0.25, 0.3) is 0 Å². The lowest BCUT2D eigenvalue weighted by atomic mass is 10.2. The summed E-state index contributed by atoms with van der Waals surface area (Å²) in [6.45, 7) is 0. The number of nitrogens with one attached hydrogen (secondary N) is 1. The number of nitrogens with zero attached hydrogens (tertiary/aromatic N) is 2. The van der Waals surface area contributed by atoms with Crippen LogP contribution in [0.4, 0.5) is 0 Å². The molecule has 3 rings (SSSR count). The van der Waals surface area contributed by atoms with E-state index in [1.54, 1.807) is 10.7 Å². The molecule has 0 aliphatic carbocycles. The van der Waals surface area contributed by atoms with E-state index in [9.17, 15) is 4.79 Å². The SMILES string of the molecule is O=c1nc(-c2ccccc2)n(-c2ccccc2Cl)[nH]1. The van der Waals surface area contributed by atoms with Gasteiger partial charge in [0, 0.05) is 5.56 Å². The van der Waals surface area contributed by atoms with Crippen LogP contribution in [0.1, 0.15) is 0 Å². The van der Waals surface area contributed by atoms with Gasteiger partial charge in [0.2, 0.25) is 0 Å². The number of benzene rings is 2. The number of hydrogen-bond acceptors (Lipinski definition) is 2. The van der Waals surface area contributed by atoms with Crippen molar-refractivity contribution in [3.63, 3.8) is 0 Å². The molecule has 0 fully saturated rings. The van der Waals surface area contributed by atoms with Gasteiger partial charge >= 0.3 is 5.69 Å². The molecule has 94 valence electrons. The number of rotatable bonds is 2. The number of halogens is 1. The van der Waals surface area contributed by atoms with Crippen molar-refractivity contribution in [3.8, 4) is 17.1 Å². The fourth-order valence-corrected chi connectivity index (χ4v) is 2.13. The normalized spacial score (nSPS) is 10.6. The van der Waals surface area contributed by atoms with E-state index in [0.29, 0.717) is 16.5 Å². The summed E-state index contributed by atoms with van der Waals surface area (Å²) >= 11 is 6.16. The van der Waals surface area contributed by atoms with E-state index in [4.69, 9.17) is 11.6 Å². The highest BCUT2D eigenvalue weighted by Gasteiger charge is 2.12. The minimum absolute atomic E-state index is 0.404. The number of aromatic amines is 1. The summed E-state index contributed by atoms with van der Waals surface area (Å²) in [5, 5.41) is 3.22. The van der Waals surface area contributed by atoms with E-state index >= 15 is 0 Å². The smallest absolute Gasteiger partial charge is 0.244 e. The van der Waals surface area contributed by atoms with Crippen molar-refractivity contribution in [2.75, 3.05) is 0 Å². The summed E-state index contributed by atoms with van der Waals surface area (Å²) in [5.74, 6) is 0.540. The predicted octanol–water partition coefficient (Wildman–Crippen LogP) is 2.88. The lowest BCUT2D eigenvalue weighted by Gasteiger charge is -2.08. The summed E-state index contributed by atoms with van der Waals surface area (Å²) < 4.78 is 1.60. The Morgan fingerprint density at radius 1 is 1.00 bits per heavy atom. The van der Waals surface area contributed by atoms with Gasteiger partial charge in [-0.05, 0) is 12.1 Å². The molecule has 19 heavy (non-hydrogen) atoms. The first-order valence-corrected chi connectivity index (χ1v) is 6.13. The average molecular weight is 272 g/mol. The van der Waals surface area contributed by atoms with Crippen LogP contribution in [0.25, 0.3) is 17.1 Å². The zero-order chi connectivity index (χ0) is 13.2. The maximum Gasteiger partial charge on any atom is 0.362 e. The van der Waals surface area contributed by atoms with Crippen LogP contribution in [0.3, 0.4) is 0 Å². The monoisotopic (exact) mass is 271 g/mol. The Morgan fingerprint density at radius 3 is 2.42 bits per heavy atom. The molecule has 0 saturated carbocycles. The van der Waals surface area contributed by atoms with Gasteiger partial charge < -0.3 is 0 Å². The quantitative estimate of drug-likeness (QED) is 0.779. The van der Waals surface area contributed by atoms with Crippen LogP contribution in [0.15, 0.2) is 59.4 Å².